The van der Waals surface area contributed by atoms with E-state index in [1.807, 2.05) is 11.4 Å². The number of rotatable bonds is 5. The maximum Gasteiger partial charge on any atom is 0.168 e. The normalized spacial score (nSPS) is 16.7. The zero-order chi connectivity index (χ0) is 18.5. The molecule has 0 bridgehead atoms. The molecule has 0 spiro atoms. The van der Waals surface area contributed by atoms with E-state index >= 15 is 0 Å². The number of thiophene rings is 1. The lowest BCUT2D eigenvalue weighted by atomic mass is 9.94. The van der Waals surface area contributed by atoms with Crippen LogP contribution in [0.4, 0.5) is 0 Å². The fourth-order valence-corrected chi connectivity index (χ4v) is 4.69. The number of fused-ring (bicyclic) bond motifs is 5. The SMILES string of the molecule is CCN(CCO)Cc1nc2c3c4c(sc3nc(C)n2n1)COC(C)(C)C4. The van der Waals surface area contributed by atoms with Gasteiger partial charge in [-0.3, -0.25) is 4.90 Å². The lowest BCUT2D eigenvalue weighted by Gasteiger charge is -2.30. The van der Waals surface area contributed by atoms with Gasteiger partial charge >= 0.3 is 0 Å². The lowest BCUT2D eigenvalue weighted by Crippen LogP contribution is -2.31. The minimum absolute atomic E-state index is 0.138. The van der Waals surface area contributed by atoms with Gasteiger partial charge in [0.2, 0.25) is 0 Å². The highest BCUT2D eigenvalue weighted by Crippen LogP contribution is 2.39. The number of hydrogen-bond donors (Lipinski definition) is 1. The average molecular weight is 375 g/mol. The van der Waals surface area contributed by atoms with Crippen LogP contribution in [0.15, 0.2) is 0 Å². The standard InChI is InChI=1S/C18H25N5O2S/c1-5-22(6-7-24)9-14-20-16-15-12-8-18(3,4)25-10-13(12)26-17(15)19-11(2)23(16)21-14/h24H,5-10H2,1-4H3. The lowest BCUT2D eigenvalue weighted by molar-refractivity contribution is -0.0379. The van der Waals surface area contributed by atoms with Gasteiger partial charge in [0.25, 0.3) is 0 Å². The quantitative estimate of drug-likeness (QED) is 0.738. The van der Waals surface area contributed by atoms with Gasteiger partial charge in [0, 0.05) is 17.8 Å². The van der Waals surface area contributed by atoms with Crippen molar-refractivity contribution in [3.63, 3.8) is 0 Å². The van der Waals surface area contributed by atoms with E-state index in [1.165, 1.54) is 10.4 Å². The fourth-order valence-electron chi connectivity index (χ4n) is 3.54. The minimum atomic E-state index is -0.175. The number of aromatic nitrogens is 4. The molecule has 0 unspecified atom stereocenters. The molecule has 0 saturated carbocycles. The zero-order valence-electron chi connectivity index (χ0n) is 15.7. The molecule has 1 aliphatic heterocycles. The Hall–Kier alpha value is -1.61. The molecular formula is C18H25N5O2S. The van der Waals surface area contributed by atoms with Gasteiger partial charge < -0.3 is 9.84 Å². The molecule has 4 heterocycles. The molecule has 0 amide bonds. The van der Waals surface area contributed by atoms with Gasteiger partial charge in [0.15, 0.2) is 11.5 Å². The Kier molecular flexibility index (Phi) is 4.46. The van der Waals surface area contributed by atoms with Crippen molar-refractivity contribution in [1.82, 2.24) is 24.5 Å². The van der Waals surface area contributed by atoms with Crippen LogP contribution in [0.5, 0.6) is 0 Å². The maximum absolute atomic E-state index is 9.22. The van der Waals surface area contributed by atoms with E-state index in [0.29, 0.717) is 19.7 Å². The van der Waals surface area contributed by atoms with Crippen LogP contribution >= 0.6 is 11.3 Å². The molecule has 3 aromatic heterocycles. The Morgan fingerprint density at radius 3 is 2.88 bits per heavy atom. The van der Waals surface area contributed by atoms with Gasteiger partial charge in [-0.2, -0.15) is 4.52 Å². The highest BCUT2D eigenvalue weighted by molar-refractivity contribution is 7.19. The number of aliphatic hydroxyl groups is 1. The highest BCUT2D eigenvalue weighted by atomic mass is 32.1. The Morgan fingerprint density at radius 1 is 1.35 bits per heavy atom. The summed E-state index contributed by atoms with van der Waals surface area (Å²) < 4.78 is 7.83. The van der Waals surface area contributed by atoms with E-state index < -0.39 is 0 Å². The van der Waals surface area contributed by atoms with E-state index in [2.05, 4.69) is 25.7 Å². The first-order chi connectivity index (χ1) is 12.4. The summed E-state index contributed by atoms with van der Waals surface area (Å²) in [4.78, 5) is 14.0. The Balaban J connectivity index is 1.85. The van der Waals surface area contributed by atoms with Gasteiger partial charge in [0.1, 0.15) is 10.7 Å². The largest absolute Gasteiger partial charge is 0.395 e. The molecule has 26 heavy (non-hydrogen) atoms. The second-order valence-electron chi connectivity index (χ2n) is 7.42. The van der Waals surface area contributed by atoms with Crippen molar-refractivity contribution in [2.24, 2.45) is 0 Å². The number of aryl methyl sites for hydroxylation is 1. The first-order valence-corrected chi connectivity index (χ1v) is 9.87. The smallest absolute Gasteiger partial charge is 0.168 e. The molecule has 7 nitrogen and oxygen atoms in total. The zero-order valence-corrected chi connectivity index (χ0v) is 16.6. The molecular weight excluding hydrogens is 350 g/mol. The highest BCUT2D eigenvalue weighted by Gasteiger charge is 2.31. The molecule has 1 aliphatic rings. The van der Waals surface area contributed by atoms with Crippen molar-refractivity contribution in [2.75, 3.05) is 19.7 Å². The van der Waals surface area contributed by atoms with Gasteiger partial charge in [-0.25, -0.2) is 9.97 Å². The number of aliphatic hydroxyl groups excluding tert-OH is 1. The van der Waals surface area contributed by atoms with Crippen LogP contribution < -0.4 is 0 Å². The molecule has 3 aromatic rings. The molecule has 0 saturated heterocycles. The third-order valence-electron chi connectivity index (χ3n) is 4.94. The molecule has 4 rings (SSSR count). The second kappa shape index (κ2) is 6.53. The average Bonchev–Trinajstić information content (AvgIpc) is 3.14. The summed E-state index contributed by atoms with van der Waals surface area (Å²) >= 11 is 1.70. The molecule has 0 aliphatic carbocycles. The molecule has 1 N–H and O–H groups in total. The first kappa shape index (κ1) is 17.8. The van der Waals surface area contributed by atoms with E-state index in [9.17, 15) is 5.11 Å². The number of likely N-dealkylation sites (N-methyl/N-ethyl adjacent to an activating group) is 1. The van der Waals surface area contributed by atoms with Gasteiger partial charge in [-0.1, -0.05) is 6.92 Å². The van der Waals surface area contributed by atoms with E-state index in [-0.39, 0.29) is 12.2 Å². The number of hydrogen-bond acceptors (Lipinski definition) is 7. The summed E-state index contributed by atoms with van der Waals surface area (Å²) in [5.41, 5.74) is 2.02. The predicted molar refractivity (Wildman–Crippen MR) is 102 cm³/mol. The van der Waals surface area contributed by atoms with Crippen molar-refractivity contribution < 1.29 is 9.84 Å². The van der Waals surface area contributed by atoms with E-state index in [4.69, 9.17) is 19.8 Å². The molecule has 140 valence electrons. The third kappa shape index (κ3) is 3.00. The van der Waals surface area contributed by atoms with Crippen molar-refractivity contribution in [1.29, 1.82) is 0 Å². The van der Waals surface area contributed by atoms with Crippen LogP contribution in [0.1, 0.15) is 42.9 Å². The van der Waals surface area contributed by atoms with Crippen molar-refractivity contribution >= 4 is 27.2 Å². The Labute approximate surface area is 156 Å². The minimum Gasteiger partial charge on any atom is -0.395 e. The Bertz CT molecular complexity index is 962. The van der Waals surface area contributed by atoms with Crippen LogP contribution in [0.25, 0.3) is 15.9 Å². The van der Waals surface area contributed by atoms with Crippen molar-refractivity contribution in [3.05, 3.63) is 22.1 Å². The van der Waals surface area contributed by atoms with Gasteiger partial charge in [-0.15, -0.1) is 16.4 Å². The van der Waals surface area contributed by atoms with Crippen LogP contribution in [0.3, 0.4) is 0 Å². The predicted octanol–water partition coefficient (Wildman–Crippen LogP) is 2.31. The van der Waals surface area contributed by atoms with E-state index in [0.717, 1.165) is 40.5 Å². The van der Waals surface area contributed by atoms with Crippen molar-refractivity contribution in [3.8, 4) is 0 Å². The van der Waals surface area contributed by atoms with Gasteiger partial charge in [0.05, 0.1) is 30.7 Å². The number of ether oxygens (including phenoxy) is 1. The molecule has 0 aromatic carbocycles. The van der Waals surface area contributed by atoms with Crippen molar-refractivity contribution in [2.45, 2.75) is 52.9 Å². The Morgan fingerprint density at radius 2 is 2.15 bits per heavy atom. The molecule has 0 fully saturated rings. The van der Waals surface area contributed by atoms with Crippen LogP contribution in [-0.4, -0.2) is 54.9 Å². The van der Waals surface area contributed by atoms with Crippen LogP contribution in [0.2, 0.25) is 0 Å². The van der Waals surface area contributed by atoms with Gasteiger partial charge in [-0.05, 0) is 32.9 Å². The third-order valence-corrected chi connectivity index (χ3v) is 6.04. The van der Waals surface area contributed by atoms with Crippen LogP contribution in [0, 0.1) is 6.92 Å². The van der Waals surface area contributed by atoms with Crippen LogP contribution in [-0.2, 0) is 24.3 Å². The summed E-state index contributed by atoms with van der Waals surface area (Å²) in [6.45, 7) is 11.2. The molecule has 0 radical (unpaired) electrons. The fraction of sp³-hybridized carbons (Fsp3) is 0.611. The summed E-state index contributed by atoms with van der Waals surface area (Å²) in [6.07, 6.45) is 0.858. The maximum atomic E-state index is 9.22. The summed E-state index contributed by atoms with van der Waals surface area (Å²) in [5, 5.41) is 15.0. The summed E-state index contributed by atoms with van der Waals surface area (Å²) in [6, 6.07) is 0. The molecule has 0 atom stereocenters. The first-order valence-electron chi connectivity index (χ1n) is 9.05. The summed E-state index contributed by atoms with van der Waals surface area (Å²) in [7, 11) is 0. The topological polar surface area (TPSA) is 75.8 Å². The second-order valence-corrected chi connectivity index (χ2v) is 8.51. The summed E-state index contributed by atoms with van der Waals surface area (Å²) in [5.74, 6) is 1.61. The monoisotopic (exact) mass is 375 g/mol. The number of nitrogens with zero attached hydrogens (tertiary/aromatic N) is 5. The molecule has 8 heteroatoms. The van der Waals surface area contributed by atoms with E-state index in [1.54, 1.807) is 11.3 Å².